The third-order valence-electron chi connectivity index (χ3n) is 3.74. The zero-order valence-electron chi connectivity index (χ0n) is 13.3. The van der Waals surface area contributed by atoms with Crippen molar-refractivity contribution in [3.05, 3.63) is 29.3 Å². The van der Waals surface area contributed by atoms with Crippen molar-refractivity contribution in [3.8, 4) is 0 Å². The number of morpholine rings is 1. The smallest absolute Gasteiger partial charge is 0.0726 e. The highest BCUT2D eigenvalue weighted by atomic mass is 16.5. The van der Waals surface area contributed by atoms with E-state index in [-0.39, 0.29) is 0 Å². The Morgan fingerprint density at radius 2 is 1.95 bits per heavy atom. The first-order valence-electron chi connectivity index (χ1n) is 7.80. The molecule has 1 fully saturated rings. The number of nitrogens with one attached hydrogen (secondary N) is 1. The van der Waals surface area contributed by atoms with E-state index in [2.05, 4.69) is 56.1 Å². The fourth-order valence-corrected chi connectivity index (χ4v) is 2.94. The minimum atomic E-state index is 0.302. The molecule has 2 atom stereocenters. The number of ether oxygens (including phenoxy) is 1. The molecule has 0 bridgehead atoms. The number of hydrogen-bond acceptors (Lipinski definition) is 3. The predicted molar refractivity (Wildman–Crippen MR) is 85.4 cm³/mol. The fraction of sp³-hybridized carbons (Fsp3) is 0.647. The lowest BCUT2D eigenvalue weighted by Gasteiger charge is -2.38. The van der Waals surface area contributed by atoms with Gasteiger partial charge in [0.05, 0.1) is 12.2 Å². The van der Waals surface area contributed by atoms with Gasteiger partial charge in [0.1, 0.15) is 0 Å². The van der Waals surface area contributed by atoms with Gasteiger partial charge in [-0.3, -0.25) is 0 Å². The van der Waals surface area contributed by atoms with E-state index in [1.54, 1.807) is 0 Å². The fourth-order valence-electron chi connectivity index (χ4n) is 2.94. The van der Waals surface area contributed by atoms with Gasteiger partial charge in [0, 0.05) is 25.3 Å². The van der Waals surface area contributed by atoms with Crippen molar-refractivity contribution < 1.29 is 4.74 Å². The molecule has 1 N–H and O–H groups in total. The summed E-state index contributed by atoms with van der Waals surface area (Å²) in [4.78, 5) is 2.47. The normalized spacial score (nSPS) is 23.1. The van der Waals surface area contributed by atoms with Gasteiger partial charge in [0.15, 0.2) is 0 Å². The molecule has 3 heteroatoms. The minimum absolute atomic E-state index is 0.302. The number of rotatable bonds is 5. The summed E-state index contributed by atoms with van der Waals surface area (Å²) < 4.78 is 5.84. The Balaban J connectivity index is 2.16. The molecular formula is C17H28N2O. The molecule has 1 aliphatic rings. The van der Waals surface area contributed by atoms with Gasteiger partial charge in [0.25, 0.3) is 0 Å². The van der Waals surface area contributed by atoms with E-state index in [1.807, 2.05) is 0 Å². The van der Waals surface area contributed by atoms with Crippen LogP contribution in [0.3, 0.4) is 0 Å². The summed E-state index contributed by atoms with van der Waals surface area (Å²) in [7, 11) is 0. The molecule has 3 nitrogen and oxygen atoms in total. The predicted octanol–water partition coefficient (Wildman–Crippen LogP) is 3.11. The first kappa shape index (κ1) is 15.3. The largest absolute Gasteiger partial charge is 0.372 e. The molecule has 0 unspecified atom stereocenters. The summed E-state index contributed by atoms with van der Waals surface area (Å²) in [6.07, 6.45) is 1.78. The maximum Gasteiger partial charge on any atom is 0.0726 e. The maximum absolute atomic E-state index is 5.84. The quantitative estimate of drug-likeness (QED) is 0.836. The van der Waals surface area contributed by atoms with Crippen molar-refractivity contribution in [2.24, 2.45) is 0 Å². The molecule has 2 rings (SSSR count). The molecule has 0 radical (unpaired) electrons. The second kappa shape index (κ2) is 7.09. The Morgan fingerprint density at radius 3 is 2.60 bits per heavy atom. The zero-order chi connectivity index (χ0) is 14.5. The van der Waals surface area contributed by atoms with Crippen LogP contribution in [-0.4, -0.2) is 31.8 Å². The average Bonchev–Trinajstić information content (AvgIpc) is 2.38. The zero-order valence-corrected chi connectivity index (χ0v) is 13.3. The summed E-state index contributed by atoms with van der Waals surface area (Å²) >= 11 is 0. The lowest BCUT2D eigenvalue weighted by molar-refractivity contribution is -0.00526. The lowest BCUT2D eigenvalue weighted by atomic mass is 10.1. The van der Waals surface area contributed by atoms with Gasteiger partial charge in [-0.15, -0.1) is 0 Å². The number of aryl methyl sites for hydroxylation is 1. The topological polar surface area (TPSA) is 24.5 Å². The molecule has 1 aliphatic heterocycles. The van der Waals surface area contributed by atoms with Crippen molar-refractivity contribution in [1.82, 2.24) is 5.32 Å². The molecule has 0 spiro atoms. The van der Waals surface area contributed by atoms with Crippen molar-refractivity contribution >= 4 is 5.69 Å². The van der Waals surface area contributed by atoms with Crippen LogP contribution < -0.4 is 10.2 Å². The third kappa shape index (κ3) is 3.97. The van der Waals surface area contributed by atoms with E-state index in [9.17, 15) is 0 Å². The molecule has 112 valence electrons. The highest BCUT2D eigenvalue weighted by Crippen LogP contribution is 2.25. The second-order valence-corrected chi connectivity index (χ2v) is 5.97. The highest BCUT2D eigenvalue weighted by Gasteiger charge is 2.23. The standard InChI is InChI=1S/C17H28N2O/c1-5-8-18-10-16-9-13(2)6-7-17(16)19-11-14(3)20-15(4)12-19/h6-7,9,14-15,18H,5,8,10-12H2,1-4H3/t14-,15+. The van der Waals surface area contributed by atoms with Crippen molar-refractivity contribution in [2.75, 3.05) is 24.5 Å². The first-order chi connectivity index (χ1) is 9.60. The van der Waals surface area contributed by atoms with E-state index in [0.29, 0.717) is 12.2 Å². The summed E-state index contributed by atoms with van der Waals surface area (Å²) in [5.41, 5.74) is 4.09. The van der Waals surface area contributed by atoms with E-state index in [4.69, 9.17) is 4.74 Å². The van der Waals surface area contributed by atoms with Crippen molar-refractivity contribution in [2.45, 2.75) is 52.9 Å². The number of hydrogen-bond donors (Lipinski definition) is 1. The molecule has 1 aromatic carbocycles. The van der Waals surface area contributed by atoms with E-state index >= 15 is 0 Å². The summed E-state index contributed by atoms with van der Waals surface area (Å²) in [6.45, 7) is 12.7. The van der Waals surface area contributed by atoms with Crippen LogP contribution in [0.2, 0.25) is 0 Å². The van der Waals surface area contributed by atoms with Crippen LogP contribution in [0, 0.1) is 6.92 Å². The van der Waals surface area contributed by atoms with Gasteiger partial charge in [-0.1, -0.05) is 24.6 Å². The minimum Gasteiger partial charge on any atom is -0.372 e. The molecule has 1 aromatic rings. The summed E-state index contributed by atoms with van der Waals surface area (Å²) in [5, 5.41) is 3.52. The second-order valence-electron chi connectivity index (χ2n) is 5.97. The molecule has 0 aromatic heterocycles. The molecular weight excluding hydrogens is 248 g/mol. The monoisotopic (exact) mass is 276 g/mol. The van der Waals surface area contributed by atoms with Gasteiger partial charge in [-0.05, 0) is 45.4 Å². The van der Waals surface area contributed by atoms with E-state index in [0.717, 1.165) is 26.2 Å². The Labute approximate surface area is 123 Å². The lowest BCUT2D eigenvalue weighted by Crippen LogP contribution is -2.46. The maximum atomic E-state index is 5.84. The van der Waals surface area contributed by atoms with Crippen molar-refractivity contribution in [1.29, 1.82) is 0 Å². The number of benzene rings is 1. The highest BCUT2D eigenvalue weighted by molar-refractivity contribution is 5.55. The van der Waals surface area contributed by atoms with Crippen LogP contribution in [0.1, 0.15) is 38.3 Å². The van der Waals surface area contributed by atoms with Gasteiger partial charge in [-0.25, -0.2) is 0 Å². The van der Waals surface area contributed by atoms with Crippen LogP contribution in [0.15, 0.2) is 18.2 Å². The molecule has 20 heavy (non-hydrogen) atoms. The number of nitrogens with zero attached hydrogens (tertiary/aromatic N) is 1. The van der Waals surface area contributed by atoms with Gasteiger partial charge in [0.2, 0.25) is 0 Å². The first-order valence-corrected chi connectivity index (χ1v) is 7.80. The van der Waals surface area contributed by atoms with E-state index in [1.165, 1.54) is 23.2 Å². The van der Waals surface area contributed by atoms with Crippen LogP contribution in [-0.2, 0) is 11.3 Å². The summed E-state index contributed by atoms with van der Waals surface area (Å²) in [6, 6.07) is 6.79. The van der Waals surface area contributed by atoms with E-state index < -0.39 is 0 Å². The van der Waals surface area contributed by atoms with Crippen LogP contribution in [0.25, 0.3) is 0 Å². The Morgan fingerprint density at radius 1 is 1.25 bits per heavy atom. The van der Waals surface area contributed by atoms with Crippen LogP contribution in [0.4, 0.5) is 5.69 Å². The molecule has 0 saturated carbocycles. The summed E-state index contributed by atoms with van der Waals surface area (Å²) in [5.74, 6) is 0. The van der Waals surface area contributed by atoms with Crippen LogP contribution in [0.5, 0.6) is 0 Å². The van der Waals surface area contributed by atoms with Gasteiger partial charge < -0.3 is 15.0 Å². The number of anilines is 1. The van der Waals surface area contributed by atoms with Gasteiger partial charge in [-0.2, -0.15) is 0 Å². The van der Waals surface area contributed by atoms with Crippen LogP contribution >= 0.6 is 0 Å². The van der Waals surface area contributed by atoms with Gasteiger partial charge >= 0.3 is 0 Å². The third-order valence-corrected chi connectivity index (χ3v) is 3.74. The molecule has 1 heterocycles. The molecule has 1 saturated heterocycles. The average molecular weight is 276 g/mol. The van der Waals surface area contributed by atoms with Crippen molar-refractivity contribution in [3.63, 3.8) is 0 Å². The molecule has 0 amide bonds. The molecule has 0 aliphatic carbocycles. The Bertz CT molecular complexity index is 423. The SMILES string of the molecule is CCCNCc1cc(C)ccc1N1C[C@@H](C)O[C@@H](C)C1. The Kier molecular flexibility index (Phi) is 5.44. The Hall–Kier alpha value is -1.06.